The molecule has 1 aliphatic rings. The first-order valence-electron chi connectivity index (χ1n) is 5.53. The van der Waals surface area contributed by atoms with Crippen LogP contribution in [0.5, 0.6) is 0 Å². The molecule has 0 spiro atoms. The average molecular weight is 347 g/mol. The average Bonchev–Trinajstić information content (AvgIpc) is 2.75. The number of benzene rings is 1. The molecule has 1 aromatic carbocycles. The van der Waals surface area contributed by atoms with E-state index in [1.807, 2.05) is 6.07 Å². The minimum absolute atomic E-state index is 0. The van der Waals surface area contributed by atoms with Crippen molar-refractivity contribution in [2.75, 3.05) is 31.6 Å². The van der Waals surface area contributed by atoms with Crippen LogP contribution in [-0.4, -0.2) is 37.8 Å². The summed E-state index contributed by atoms with van der Waals surface area (Å²) in [6, 6.07) is 8.35. The van der Waals surface area contributed by atoms with Gasteiger partial charge in [0.05, 0.1) is 6.61 Å². The number of rotatable bonds is 2. The number of nitrogens with one attached hydrogen (secondary N) is 1. The second kappa shape index (κ2) is 6.80. The number of hydrogen-bond donors (Lipinski definition) is 2. The van der Waals surface area contributed by atoms with Gasteiger partial charge in [0.2, 0.25) is 0 Å². The van der Waals surface area contributed by atoms with Crippen LogP contribution in [0.15, 0.2) is 29.3 Å². The predicted molar refractivity (Wildman–Crippen MR) is 81.4 cm³/mol. The van der Waals surface area contributed by atoms with Crippen molar-refractivity contribution in [1.82, 2.24) is 5.32 Å². The Bertz CT molecular complexity index is 395. The van der Waals surface area contributed by atoms with Gasteiger partial charge < -0.3 is 15.3 Å². The van der Waals surface area contributed by atoms with Gasteiger partial charge in [0, 0.05) is 25.8 Å². The van der Waals surface area contributed by atoms with Crippen LogP contribution in [0.4, 0.5) is 5.69 Å². The van der Waals surface area contributed by atoms with E-state index < -0.39 is 0 Å². The first kappa shape index (κ1) is 14.2. The van der Waals surface area contributed by atoms with Gasteiger partial charge in [0.15, 0.2) is 5.96 Å². The minimum atomic E-state index is 0. The molecule has 0 aromatic heterocycles. The number of para-hydroxylation sites is 1. The molecular weight excluding hydrogens is 329 g/mol. The van der Waals surface area contributed by atoms with E-state index in [4.69, 9.17) is 5.11 Å². The van der Waals surface area contributed by atoms with Crippen molar-refractivity contribution in [2.45, 2.75) is 6.42 Å². The van der Waals surface area contributed by atoms with Gasteiger partial charge in [0.1, 0.15) is 0 Å². The number of halogens is 1. The summed E-state index contributed by atoms with van der Waals surface area (Å²) in [6.07, 6.45) is 1.05. The van der Waals surface area contributed by atoms with Crippen LogP contribution in [0.1, 0.15) is 5.56 Å². The predicted octanol–water partition coefficient (Wildman–Crippen LogP) is 1.23. The molecule has 0 saturated heterocycles. The minimum Gasteiger partial charge on any atom is -0.395 e. The molecule has 0 bridgehead atoms. The molecule has 0 fully saturated rings. The molecule has 17 heavy (non-hydrogen) atoms. The van der Waals surface area contributed by atoms with Crippen LogP contribution >= 0.6 is 24.0 Å². The van der Waals surface area contributed by atoms with Crippen LogP contribution in [0.2, 0.25) is 0 Å². The van der Waals surface area contributed by atoms with Gasteiger partial charge in [-0.1, -0.05) is 18.2 Å². The maximum atomic E-state index is 8.81. The Morgan fingerprint density at radius 2 is 2.24 bits per heavy atom. The fraction of sp³-hybridized carbons (Fsp3) is 0.417. The zero-order valence-electron chi connectivity index (χ0n) is 9.89. The van der Waals surface area contributed by atoms with Gasteiger partial charge in [-0.25, -0.2) is 0 Å². The van der Waals surface area contributed by atoms with Crippen molar-refractivity contribution in [3.05, 3.63) is 29.8 Å². The van der Waals surface area contributed by atoms with Gasteiger partial charge in [-0.2, -0.15) is 0 Å². The third-order valence-electron chi connectivity index (χ3n) is 2.75. The Labute approximate surface area is 119 Å². The summed E-state index contributed by atoms with van der Waals surface area (Å²) in [5.74, 6) is 0.832. The molecule has 4 nitrogen and oxygen atoms in total. The molecule has 0 atom stereocenters. The second-order valence-corrected chi connectivity index (χ2v) is 3.73. The van der Waals surface area contributed by atoms with E-state index in [2.05, 4.69) is 33.4 Å². The van der Waals surface area contributed by atoms with Gasteiger partial charge in [0.25, 0.3) is 0 Å². The van der Waals surface area contributed by atoms with Crippen molar-refractivity contribution >= 4 is 35.6 Å². The number of hydrogen-bond acceptors (Lipinski definition) is 2. The zero-order valence-corrected chi connectivity index (χ0v) is 12.2. The van der Waals surface area contributed by atoms with Gasteiger partial charge in [-0.15, -0.1) is 24.0 Å². The third kappa shape index (κ3) is 3.10. The molecule has 0 saturated carbocycles. The van der Waals surface area contributed by atoms with Crippen molar-refractivity contribution in [3.8, 4) is 0 Å². The molecule has 0 unspecified atom stereocenters. The van der Waals surface area contributed by atoms with Crippen molar-refractivity contribution in [1.29, 1.82) is 0 Å². The molecule has 1 aliphatic heterocycles. The first-order valence-corrected chi connectivity index (χ1v) is 5.53. The normalized spacial score (nSPS) is 14.2. The van der Waals surface area contributed by atoms with E-state index in [0.717, 1.165) is 18.9 Å². The summed E-state index contributed by atoms with van der Waals surface area (Å²) in [6.45, 7) is 1.60. The molecule has 1 aromatic rings. The molecule has 0 radical (unpaired) electrons. The quantitative estimate of drug-likeness (QED) is 0.481. The highest BCUT2D eigenvalue weighted by Gasteiger charge is 2.21. The number of nitrogens with zero attached hydrogens (tertiary/aromatic N) is 2. The Morgan fingerprint density at radius 1 is 1.47 bits per heavy atom. The Morgan fingerprint density at radius 3 is 2.94 bits per heavy atom. The molecule has 2 rings (SSSR count). The van der Waals surface area contributed by atoms with Crippen LogP contribution in [0.3, 0.4) is 0 Å². The number of aliphatic imine (C=N–C) groups is 1. The molecule has 1 heterocycles. The standard InChI is InChI=1S/C12H17N3O.HI/c1-13-12(14-7-9-16)15-8-6-10-4-2-3-5-11(10)15;/h2-5,16H,6-9H2,1H3,(H,13,14);1H. The molecule has 0 aliphatic carbocycles. The molecule has 2 N–H and O–H groups in total. The Hall–Kier alpha value is -0.820. The zero-order chi connectivity index (χ0) is 11.4. The highest BCUT2D eigenvalue weighted by Crippen LogP contribution is 2.27. The van der Waals surface area contributed by atoms with Gasteiger partial charge in [-0.3, -0.25) is 4.99 Å². The number of aliphatic hydroxyl groups excluding tert-OH is 1. The van der Waals surface area contributed by atoms with Gasteiger partial charge >= 0.3 is 0 Å². The maximum Gasteiger partial charge on any atom is 0.198 e. The molecule has 94 valence electrons. The monoisotopic (exact) mass is 347 g/mol. The summed E-state index contributed by atoms with van der Waals surface area (Å²) in [4.78, 5) is 6.38. The van der Waals surface area contributed by atoms with E-state index in [0.29, 0.717) is 6.54 Å². The van der Waals surface area contributed by atoms with Gasteiger partial charge in [-0.05, 0) is 18.1 Å². The highest BCUT2D eigenvalue weighted by atomic mass is 127. The summed E-state index contributed by atoms with van der Waals surface area (Å²) in [5, 5.41) is 11.9. The number of anilines is 1. The summed E-state index contributed by atoms with van der Waals surface area (Å²) in [5.41, 5.74) is 2.57. The SMILES string of the molecule is CN=C(NCCO)N1CCc2ccccc21.I. The first-order chi connectivity index (χ1) is 7.86. The lowest BCUT2D eigenvalue weighted by Crippen LogP contribution is -2.41. The van der Waals surface area contributed by atoms with E-state index in [-0.39, 0.29) is 30.6 Å². The topological polar surface area (TPSA) is 47.9 Å². The lowest BCUT2D eigenvalue weighted by atomic mass is 10.2. The molecular formula is C12H18IN3O. The number of fused-ring (bicyclic) bond motifs is 1. The van der Waals surface area contributed by atoms with E-state index in [1.165, 1.54) is 11.3 Å². The lowest BCUT2D eigenvalue weighted by Gasteiger charge is -2.21. The van der Waals surface area contributed by atoms with Crippen LogP contribution in [0, 0.1) is 0 Å². The van der Waals surface area contributed by atoms with Crippen molar-refractivity contribution in [3.63, 3.8) is 0 Å². The Kier molecular flexibility index (Phi) is 5.70. The molecule has 0 amide bonds. The van der Waals surface area contributed by atoms with Crippen molar-refractivity contribution < 1.29 is 5.11 Å². The second-order valence-electron chi connectivity index (χ2n) is 3.73. The largest absolute Gasteiger partial charge is 0.395 e. The fourth-order valence-electron chi connectivity index (χ4n) is 2.02. The fourth-order valence-corrected chi connectivity index (χ4v) is 2.02. The van der Waals surface area contributed by atoms with Crippen LogP contribution < -0.4 is 10.2 Å². The van der Waals surface area contributed by atoms with E-state index >= 15 is 0 Å². The Balaban J connectivity index is 0.00000144. The number of guanidine groups is 1. The number of aliphatic hydroxyl groups is 1. The van der Waals surface area contributed by atoms with Crippen LogP contribution in [0.25, 0.3) is 0 Å². The maximum absolute atomic E-state index is 8.81. The lowest BCUT2D eigenvalue weighted by molar-refractivity contribution is 0.300. The summed E-state index contributed by atoms with van der Waals surface area (Å²) < 4.78 is 0. The van der Waals surface area contributed by atoms with E-state index in [1.54, 1.807) is 7.05 Å². The smallest absolute Gasteiger partial charge is 0.198 e. The summed E-state index contributed by atoms with van der Waals surface area (Å²) >= 11 is 0. The van der Waals surface area contributed by atoms with Crippen molar-refractivity contribution in [2.24, 2.45) is 4.99 Å². The third-order valence-corrected chi connectivity index (χ3v) is 2.75. The van der Waals surface area contributed by atoms with Crippen LogP contribution in [-0.2, 0) is 6.42 Å². The van der Waals surface area contributed by atoms with E-state index in [9.17, 15) is 0 Å². The highest BCUT2D eigenvalue weighted by molar-refractivity contribution is 14.0. The molecule has 5 heteroatoms. The summed E-state index contributed by atoms with van der Waals surface area (Å²) in [7, 11) is 1.76.